The number of rotatable bonds is 49. The minimum Gasteiger partial charge on any atom is -0.394 e. The molecule has 2 aliphatic heterocycles. The summed E-state index contributed by atoms with van der Waals surface area (Å²) in [7, 11) is 0. The third-order valence-corrected chi connectivity index (χ3v) is 15.2. The number of unbranched alkanes of at least 4 members (excludes halogenated alkanes) is 34. The summed E-state index contributed by atoms with van der Waals surface area (Å²) >= 11 is 0. The SMILES string of the molecule is CCCC/C=C\CCCCCCCC(=O)NC(COC1OC(CO)C(OC2OC(CO)C(O)C(O)C2O)C(O)C1O)C(O)CCCCCCCCCCCCCCCCCCCCCCCCCCCCCC. The summed E-state index contributed by atoms with van der Waals surface area (Å²) in [4.78, 5) is 13.2. The van der Waals surface area contributed by atoms with Crippen LogP contribution in [0.15, 0.2) is 12.2 Å². The van der Waals surface area contributed by atoms with Gasteiger partial charge in [0, 0.05) is 6.42 Å². The van der Waals surface area contributed by atoms with Crippen molar-refractivity contribution in [2.24, 2.45) is 0 Å². The zero-order valence-electron chi connectivity index (χ0n) is 46.4. The second-order valence-corrected chi connectivity index (χ2v) is 21.8. The van der Waals surface area contributed by atoms with Crippen LogP contribution in [-0.2, 0) is 23.7 Å². The number of nitrogens with one attached hydrogen (secondary N) is 1. The van der Waals surface area contributed by atoms with Gasteiger partial charge in [-0.1, -0.05) is 238 Å². The second kappa shape index (κ2) is 45.7. The number of aliphatic hydroxyl groups excluding tert-OH is 8. The van der Waals surface area contributed by atoms with Gasteiger partial charge in [0.1, 0.15) is 48.8 Å². The van der Waals surface area contributed by atoms with E-state index in [1.165, 1.54) is 167 Å². The Labute approximate surface area is 444 Å². The number of aliphatic hydroxyl groups is 8. The summed E-state index contributed by atoms with van der Waals surface area (Å²) in [6, 6.07) is -0.829. The fraction of sp³-hybridized carbons (Fsp3) is 0.949. The highest BCUT2D eigenvalue weighted by molar-refractivity contribution is 5.76. The summed E-state index contributed by atoms with van der Waals surface area (Å²) < 4.78 is 22.8. The Morgan fingerprint density at radius 1 is 0.479 bits per heavy atom. The lowest BCUT2D eigenvalue weighted by Crippen LogP contribution is -2.65. The van der Waals surface area contributed by atoms with E-state index in [4.69, 9.17) is 18.9 Å². The first-order valence-corrected chi connectivity index (χ1v) is 30.4. The quantitative estimate of drug-likeness (QED) is 0.0204. The Hall–Kier alpha value is -1.27. The van der Waals surface area contributed by atoms with Crippen LogP contribution < -0.4 is 5.32 Å². The third kappa shape index (κ3) is 31.7. The number of amides is 1. The average molecular weight is 1040 g/mol. The number of carbonyl (C=O) groups excluding carboxylic acids is 1. The molecule has 0 spiro atoms. The Morgan fingerprint density at radius 3 is 1.34 bits per heavy atom. The lowest BCUT2D eigenvalue weighted by atomic mass is 9.97. The summed E-state index contributed by atoms with van der Waals surface area (Å²) in [6.07, 6.45) is 35.3. The van der Waals surface area contributed by atoms with E-state index in [1.807, 2.05) is 0 Å². The van der Waals surface area contributed by atoms with Gasteiger partial charge in [0.05, 0.1) is 32.0 Å². The van der Waals surface area contributed by atoms with Gasteiger partial charge in [-0.05, 0) is 32.1 Å². The van der Waals surface area contributed by atoms with Crippen molar-refractivity contribution >= 4 is 5.91 Å². The molecule has 14 nitrogen and oxygen atoms in total. The zero-order chi connectivity index (χ0) is 53.2. The van der Waals surface area contributed by atoms with E-state index < -0.39 is 86.8 Å². The summed E-state index contributed by atoms with van der Waals surface area (Å²) in [5.41, 5.74) is 0. The molecule has 73 heavy (non-hydrogen) atoms. The third-order valence-electron chi connectivity index (χ3n) is 15.2. The van der Waals surface area contributed by atoms with Gasteiger partial charge in [0.25, 0.3) is 0 Å². The van der Waals surface area contributed by atoms with Crippen LogP contribution >= 0.6 is 0 Å². The molecule has 432 valence electrons. The van der Waals surface area contributed by atoms with Gasteiger partial charge in [-0.3, -0.25) is 4.79 Å². The van der Waals surface area contributed by atoms with E-state index in [9.17, 15) is 45.6 Å². The van der Waals surface area contributed by atoms with Gasteiger partial charge in [-0.25, -0.2) is 0 Å². The van der Waals surface area contributed by atoms with Gasteiger partial charge in [-0.2, -0.15) is 0 Å². The molecular weight excluding hydrogens is 931 g/mol. The molecule has 0 aromatic heterocycles. The molecule has 0 aromatic rings. The largest absolute Gasteiger partial charge is 0.394 e. The van der Waals surface area contributed by atoms with E-state index in [-0.39, 0.29) is 12.5 Å². The summed E-state index contributed by atoms with van der Waals surface area (Å²) in [5, 5.41) is 87.1. The molecule has 2 rings (SSSR count). The number of ether oxygens (including phenoxy) is 4. The van der Waals surface area contributed by atoms with Crippen LogP contribution in [0, 0.1) is 0 Å². The Morgan fingerprint density at radius 2 is 0.877 bits per heavy atom. The highest BCUT2D eigenvalue weighted by atomic mass is 16.7. The van der Waals surface area contributed by atoms with Crippen LogP contribution in [-0.4, -0.2) is 140 Å². The second-order valence-electron chi connectivity index (χ2n) is 21.8. The molecule has 12 atom stereocenters. The van der Waals surface area contributed by atoms with Crippen molar-refractivity contribution in [1.29, 1.82) is 0 Å². The maximum atomic E-state index is 13.2. The molecule has 0 aliphatic carbocycles. The molecule has 2 fully saturated rings. The maximum Gasteiger partial charge on any atom is 0.220 e. The fourth-order valence-corrected chi connectivity index (χ4v) is 10.3. The molecule has 2 heterocycles. The Kier molecular flexibility index (Phi) is 42.5. The normalized spacial score (nSPS) is 25.4. The van der Waals surface area contributed by atoms with Crippen molar-refractivity contribution in [2.45, 2.75) is 338 Å². The zero-order valence-corrected chi connectivity index (χ0v) is 46.4. The molecule has 12 unspecified atom stereocenters. The molecule has 2 saturated heterocycles. The number of hydrogen-bond acceptors (Lipinski definition) is 13. The first-order valence-electron chi connectivity index (χ1n) is 30.4. The summed E-state index contributed by atoms with van der Waals surface area (Å²) in [5.74, 6) is -0.215. The highest BCUT2D eigenvalue weighted by Crippen LogP contribution is 2.30. The van der Waals surface area contributed by atoms with E-state index in [0.29, 0.717) is 19.3 Å². The first kappa shape index (κ1) is 67.8. The van der Waals surface area contributed by atoms with E-state index in [0.717, 1.165) is 64.2 Å². The molecular formula is C59H113NO13. The fourth-order valence-electron chi connectivity index (χ4n) is 10.3. The van der Waals surface area contributed by atoms with Crippen molar-refractivity contribution in [2.75, 3.05) is 19.8 Å². The van der Waals surface area contributed by atoms with Crippen molar-refractivity contribution in [1.82, 2.24) is 5.32 Å². The Bertz CT molecular complexity index is 1280. The van der Waals surface area contributed by atoms with Crippen LogP contribution in [0.4, 0.5) is 0 Å². The van der Waals surface area contributed by atoms with Crippen LogP contribution in [0.2, 0.25) is 0 Å². The van der Waals surface area contributed by atoms with E-state index in [2.05, 4.69) is 31.3 Å². The van der Waals surface area contributed by atoms with Gasteiger partial charge in [0.2, 0.25) is 5.91 Å². The number of hydrogen-bond donors (Lipinski definition) is 9. The molecule has 14 heteroatoms. The molecule has 0 aromatic carbocycles. The summed E-state index contributed by atoms with van der Waals surface area (Å²) in [6.45, 7) is 2.83. The smallest absolute Gasteiger partial charge is 0.220 e. The molecule has 1 amide bonds. The molecule has 0 radical (unpaired) electrons. The minimum absolute atomic E-state index is 0.215. The monoisotopic (exact) mass is 1040 g/mol. The molecule has 9 N–H and O–H groups in total. The minimum atomic E-state index is -1.78. The number of allylic oxidation sites excluding steroid dienone is 2. The molecule has 0 saturated carbocycles. The first-order chi connectivity index (χ1) is 35.6. The van der Waals surface area contributed by atoms with E-state index >= 15 is 0 Å². The Balaban J connectivity index is 1.66. The van der Waals surface area contributed by atoms with Crippen LogP contribution in [0.5, 0.6) is 0 Å². The van der Waals surface area contributed by atoms with Crippen molar-refractivity contribution in [3.8, 4) is 0 Å². The van der Waals surface area contributed by atoms with Gasteiger partial charge >= 0.3 is 0 Å². The molecule has 2 aliphatic rings. The van der Waals surface area contributed by atoms with Crippen molar-refractivity contribution < 1.29 is 64.6 Å². The topological polar surface area (TPSA) is 228 Å². The van der Waals surface area contributed by atoms with Crippen LogP contribution in [0.1, 0.15) is 264 Å². The number of carbonyl (C=O) groups is 1. The van der Waals surface area contributed by atoms with E-state index in [1.54, 1.807) is 0 Å². The van der Waals surface area contributed by atoms with Crippen LogP contribution in [0.25, 0.3) is 0 Å². The van der Waals surface area contributed by atoms with Gasteiger partial charge < -0.3 is 65.1 Å². The maximum absolute atomic E-state index is 13.2. The van der Waals surface area contributed by atoms with Gasteiger partial charge in [0.15, 0.2) is 12.6 Å². The van der Waals surface area contributed by atoms with Crippen LogP contribution in [0.3, 0.4) is 0 Å². The lowest BCUT2D eigenvalue weighted by Gasteiger charge is -2.46. The van der Waals surface area contributed by atoms with Gasteiger partial charge in [-0.15, -0.1) is 0 Å². The predicted molar refractivity (Wildman–Crippen MR) is 291 cm³/mol. The standard InChI is InChI=1S/C59H113NO13/c1-3-5-7-9-11-13-15-16-17-18-19-20-21-22-23-24-25-26-27-28-29-30-31-33-34-36-38-40-42-48(63)47(60-51(64)43-41-39-37-35-32-14-12-10-8-6-4-2)46-70-58-56(69)54(67)57(50(45-62)72-58)73-59-55(68)53(66)52(65)49(44-61)71-59/h10,12,47-50,52-59,61-63,65-69H,3-9,11,13-46H2,1-2H3,(H,60,64)/b12-10-. The van der Waals surface area contributed by atoms with Crippen molar-refractivity contribution in [3.05, 3.63) is 12.2 Å². The highest BCUT2D eigenvalue weighted by Gasteiger charge is 2.51. The van der Waals surface area contributed by atoms with Crippen molar-refractivity contribution in [3.63, 3.8) is 0 Å². The molecule has 0 bridgehead atoms. The average Bonchev–Trinajstić information content (AvgIpc) is 3.39. The lowest BCUT2D eigenvalue weighted by molar-refractivity contribution is -0.359. The predicted octanol–water partition coefficient (Wildman–Crippen LogP) is 10.3.